The zero-order chi connectivity index (χ0) is 15.0. The maximum Gasteiger partial charge on any atom is 0.311 e. The average Bonchev–Trinajstić information content (AvgIpc) is 2.75. The summed E-state index contributed by atoms with van der Waals surface area (Å²) in [5.41, 5.74) is 0.812. The molecule has 2 N–H and O–H groups in total. The lowest BCUT2D eigenvalue weighted by Gasteiger charge is -2.37. The maximum absolute atomic E-state index is 12.4. The maximum atomic E-state index is 12.4. The van der Waals surface area contributed by atoms with Crippen molar-refractivity contribution in [2.45, 2.75) is 19.3 Å². The van der Waals surface area contributed by atoms with E-state index >= 15 is 0 Å². The van der Waals surface area contributed by atoms with Crippen molar-refractivity contribution in [3.63, 3.8) is 0 Å². The predicted molar refractivity (Wildman–Crippen MR) is 79.2 cm³/mol. The molecule has 5 heteroatoms. The van der Waals surface area contributed by atoms with Gasteiger partial charge in [-0.1, -0.05) is 24.6 Å². The standard InChI is InChI=1S/C16H18N2O3/c1-18-9-12(11-5-2-3-6-13(11)18)14(19)17-10-16(15(20)21)7-4-8-16/h2-3,5-6,9H,4,7-8,10H2,1H3,(H,17,19)(H,20,21). The third kappa shape index (κ3) is 2.18. The molecule has 0 atom stereocenters. The van der Waals surface area contributed by atoms with Gasteiger partial charge in [-0.2, -0.15) is 0 Å². The molecule has 1 aromatic carbocycles. The summed E-state index contributed by atoms with van der Waals surface area (Å²) in [6, 6.07) is 7.68. The number of carboxylic acid groups (broad SMARTS) is 1. The van der Waals surface area contributed by atoms with E-state index in [0.717, 1.165) is 17.3 Å². The van der Waals surface area contributed by atoms with E-state index in [0.29, 0.717) is 18.4 Å². The Hall–Kier alpha value is -2.30. The van der Waals surface area contributed by atoms with Crippen LogP contribution in [0.1, 0.15) is 29.6 Å². The molecule has 1 amide bonds. The second kappa shape index (κ2) is 4.91. The van der Waals surface area contributed by atoms with Crippen molar-refractivity contribution in [2.24, 2.45) is 12.5 Å². The van der Waals surface area contributed by atoms with Gasteiger partial charge in [0.2, 0.25) is 0 Å². The van der Waals surface area contributed by atoms with Crippen molar-refractivity contribution in [2.75, 3.05) is 6.54 Å². The first-order valence-electron chi connectivity index (χ1n) is 7.09. The van der Waals surface area contributed by atoms with Crippen LogP contribution >= 0.6 is 0 Å². The minimum atomic E-state index is -0.813. The highest BCUT2D eigenvalue weighted by molar-refractivity contribution is 6.07. The Bertz CT molecular complexity index is 713. The van der Waals surface area contributed by atoms with E-state index < -0.39 is 11.4 Å². The predicted octanol–water partition coefficient (Wildman–Crippen LogP) is 2.16. The van der Waals surface area contributed by atoms with Crippen LogP contribution in [0.25, 0.3) is 10.9 Å². The van der Waals surface area contributed by atoms with Gasteiger partial charge in [0.15, 0.2) is 0 Å². The fourth-order valence-electron chi connectivity index (χ4n) is 2.94. The van der Waals surface area contributed by atoms with Crippen LogP contribution in [0.4, 0.5) is 0 Å². The molecule has 0 saturated heterocycles. The van der Waals surface area contributed by atoms with E-state index in [1.165, 1.54) is 0 Å². The summed E-state index contributed by atoms with van der Waals surface area (Å²) < 4.78 is 1.90. The summed E-state index contributed by atoms with van der Waals surface area (Å²) in [5, 5.41) is 13.0. The Balaban J connectivity index is 1.80. The first-order valence-corrected chi connectivity index (χ1v) is 7.09. The van der Waals surface area contributed by atoms with Crippen LogP contribution in [0.3, 0.4) is 0 Å². The molecular weight excluding hydrogens is 268 g/mol. The smallest absolute Gasteiger partial charge is 0.311 e. The molecule has 0 bridgehead atoms. The summed E-state index contributed by atoms with van der Waals surface area (Å²) in [5.74, 6) is -1.02. The van der Waals surface area contributed by atoms with Gasteiger partial charge in [0.1, 0.15) is 0 Å². The highest BCUT2D eigenvalue weighted by Crippen LogP contribution is 2.40. The highest BCUT2D eigenvalue weighted by atomic mass is 16.4. The number of para-hydroxylation sites is 1. The minimum Gasteiger partial charge on any atom is -0.481 e. The van der Waals surface area contributed by atoms with Crippen molar-refractivity contribution < 1.29 is 14.7 Å². The molecule has 1 saturated carbocycles. The lowest BCUT2D eigenvalue weighted by molar-refractivity contribution is -0.153. The van der Waals surface area contributed by atoms with Gasteiger partial charge in [0.25, 0.3) is 5.91 Å². The van der Waals surface area contributed by atoms with Gasteiger partial charge in [0.05, 0.1) is 11.0 Å². The molecule has 110 valence electrons. The van der Waals surface area contributed by atoms with Gasteiger partial charge in [-0.15, -0.1) is 0 Å². The number of hydrogen-bond donors (Lipinski definition) is 2. The number of aliphatic carboxylic acids is 1. The normalized spacial score (nSPS) is 16.4. The molecule has 0 spiro atoms. The number of carbonyl (C=O) groups is 2. The number of aromatic nitrogens is 1. The number of benzene rings is 1. The number of nitrogens with zero attached hydrogens (tertiary/aromatic N) is 1. The molecule has 3 rings (SSSR count). The van der Waals surface area contributed by atoms with Crippen LogP contribution in [0.15, 0.2) is 30.5 Å². The van der Waals surface area contributed by atoms with Gasteiger partial charge in [0, 0.05) is 30.7 Å². The number of carboxylic acids is 1. The number of hydrogen-bond acceptors (Lipinski definition) is 2. The van der Waals surface area contributed by atoms with Crippen LogP contribution in [-0.4, -0.2) is 28.1 Å². The number of fused-ring (bicyclic) bond motifs is 1. The largest absolute Gasteiger partial charge is 0.481 e. The third-order valence-corrected chi connectivity index (χ3v) is 4.49. The summed E-state index contributed by atoms with van der Waals surface area (Å²) in [6.45, 7) is 0.199. The van der Waals surface area contributed by atoms with Crippen molar-refractivity contribution in [3.05, 3.63) is 36.0 Å². The van der Waals surface area contributed by atoms with Crippen LogP contribution in [-0.2, 0) is 11.8 Å². The van der Waals surface area contributed by atoms with E-state index in [1.54, 1.807) is 6.20 Å². The Morgan fingerprint density at radius 2 is 2.05 bits per heavy atom. The summed E-state index contributed by atoms with van der Waals surface area (Å²) in [6.07, 6.45) is 3.97. The van der Waals surface area contributed by atoms with Crippen LogP contribution in [0.2, 0.25) is 0 Å². The van der Waals surface area contributed by atoms with Crippen LogP contribution in [0, 0.1) is 5.41 Å². The SMILES string of the molecule is Cn1cc(C(=O)NCC2(C(=O)O)CCC2)c2ccccc21. The van der Waals surface area contributed by atoms with Gasteiger partial charge >= 0.3 is 5.97 Å². The number of rotatable bonds is 4. The third-order valence-electron chi connectivity index (χ3n) is 4.49. The van der Waals surface area contributed by atoms with Crippen molar-refractivity contribution in [3.8, 4) is 0 Å². The fraction of sp³-hybridized carbons (Fsp3) is 0.375. The van der Waals surface area contributed by atoms with Crippen LogP contribution in [0.5, 0.6) is 0 Å². The summed E-state index contributed by atoms with van der Waals surface area (Å²) >= 11 is 0. The van der Waals surface area contributed by atoms with Crippen LogP contribution < -0.4 is 5.32 Å². The fourth-order valence-corrected chi connectivity index (χ4v) is 2.94. The molecule has 1 fully saturated rings. The first-order chi connectivity index (χ1) is 10.0. The van der Waals surface area contributed by atoms with Gasteiger partial charge < -0.3 is 15.0 Å². The molecule has 1 heterocycles. The quantitative estimate of drug-likeness (QED) is 0.904. The second-order valence-corrected chi connectivity index (χ2v) is 5.79. The first kappa shape index (κ1) is 13.7. The van der Waals surface area contributed by atoms with E-state index in [9.17, 15) is 14.7 Å². The van der Waals surface area contributed by atoms with Gasteiger partial charge in [-0.25, -0.2) is 0 Å². The topological polar surface area (TPSA) is 71.3 Å². The van der Waals surface area contributed by atoms with Gasteiger partial charge in [-0.3, -0.25) is 9.59 Å². The zero-order valence-corrected chi connectivity index (χ0v) is 11.9. The molecule has 2 aromatic rings. The number of carbonyl (C=O) groups excluding carboxylic acids is 1. The Morgan fingerprint density at radius 3 is 2.67 bits per heavy atom. The van der Waals surface area contributed by atoms with E-state index in [-0.39, 0.29) is 12.5 Å². The summed E-state index contributed by atoms with van der Waals surface area (Å²) in [4.78, 5) is 23.7. The van der Waals surface area contributed by atoms with Crippen molar-refractivity contribution in [1.82, 2.24) is 9.88 Å². The Kier molecular flexibility index (Phi) is 3.20. The van der Waals surface area contributed by atoms with E-state index in [4.69, 9.17) is 0 Å². The highest BCUT2D eigenvalue weighted by Gasteiger charge is 2.44. The molecule has 0 aliphatic heterocycles. The summed E-state index contributed by atoms with van der Waals surface area (Å²) in [7, 11) is 1.89. The number of nitrogens with one attached hydrogen (secondary N) is 1. The molecule has 0 radical (unpaired) electrons. The molecule has 5 nitrogen and oxygen atoms in total. The average molecular weight is 286 g/mol. The Morgan fingerprint density at radius 1 is 1.33 bits per heavy atom. The van der Waals surface area contributed by atoms with E-state index in [1.807, 2.05) is 35.9 Å². The monoisotopic (exact) mass is 286 g/mol. The molecule has 1 aliphatic rings. The molecule has 1 aliphatic carbocycles. The Labute approximate surface area is 122 Å². The van der Waals surface area contributed by atoms with Crippen molar-refractivity contribution >= 4 is 22.8 Å². The molecule has 0 unspecified atom stereocenters. The van der Waals surface area contributed by atoms with Crippen molar-refractivity contribution in [1.29, 1.82) is 0 Å². The number of aryl methyl sites for hydroxylation is 1. The molecular formula is C16H18N2O3. The second-order valence-electron chi connectivity index (χ2n) is 5.79. The van der Waals surface area contributed by atoms with E-state index in [2.05, 4.69) is 5.32 Å². The minimum absolute atomic E-state index is 0.199. The lowest BCUT2D eigenvalue weighted by atomic mass is 9.69. The molecule has 21 heavy (non-hydrogen) atoms. The lowest BCUT2D eigenvalue weighted by Crippen LogP contribution is -2.47. The molecule has 1 aromatic heterocycles. The van der Waals surface area contributed by atoms with Gasteiger partial charge in [-0.05, 0) is 18.9 Å². The zero-order valence-electron chi connectivity index (χ0n) is 11.9. The number of amides is 1.